The largest absolute Gasteiger partial charge is 0.466 e. The summed E-state index contributed by atoms with van der Waals surface area (Å²) in [4.78, 5) is 47.1. The molecule has 3 aromatic rings. The number of aromatic nitrogens is 1. The molecule has 1 fully saturated rings. The summed E-state index contributed by atoms with van der Waals surface area (Å²) in [6, 6.07) is 12.2. The van der Waals surface area contributed by atoms with Crippen LogP contribution in [0.4, 0.5) is 0 Å². The number of carbonyl (C=O) groups excluding carboxylic acids is 3. The summed E-state index contributed by atoms with van der Waals surface area (Å²) in [5.41, 5.74) is 5.99. The summed E-state index contributed by atoms with van der Waals surface area (Å²) in [6.07, 6.45) is 1.63. The number of rotatable bonds is 10. The number of nitrogens with zero attached hydrogens (tertiary/aromatic N) is 3. The summed E-state index contributed by atoms with van der Waals surface area (Å²) < 4.78 is 6.16. The second-order valence-electron chi connectivity index (χ2n) is 10.0. The number of esters is 1. The maximum absolute atomic E-state index is 13.9. The zero-order chi connectivity index (χ0) is 26.6. The molecule has 1 aliphatic rings. The third-order valence-electron chi connectivity index (χ3n) is 6.99. The molecule has 1 aromatic heterocycles. The molecule has 1 atom stereocenters. The highest BCUT2D eigenvalue weighted by atomic mass is 32.1. The second-order valence-corrected chi connectivity index (χ2v) is 10.9. The molecule has 8 heteroatoms. The van der Waals surface area contributed by atoms with E-state index in [1.54, 1.807) is 28.1 Å². The molecule has 0 saturated carbocycles. The molecule has 0 radical (unpaired) electrons. The van der Waals surface area contributed by atoms with Gasteiger partial charge >= 0.3 is 5.97 Å². The van der Waals surface area contributed by atoms with Gasteiger partial charge in [-0.05, 0) is 63.8 Å². The molecule has 0 N–H and O–H groups in total. The minimum Gasteiger partial charge on any atom is -0.466 e. The first-order valence-electron chi connectivity index (χ1n) is 12.8. The molecule has 0 bridgehead atoms. The van der Waals surface area contributed by atoms with Gasteiger partial charge in [-0.1, -0.05) is 35.4 Å². The number of aryl methyl sites for hydroxylation is 2. The van der Waals surface area contributed by atoms with Crippen LogP contribution in [0.25, 0.3) is 10.2 Å². The lowest BCUT2D eigenvalue weighted by molar-refractivity contribution is -0.164. The number of hydrogen-bond donors (Lipinski definition) is 0. The van der Waals surface area contributed by atoms with Crippen LogP contribution in [-0.4, -0.2) is 57.8 Å². The Morgan fingerprint density at radius 2 is 1.86 bits per heavy atom. The van der Waals surface area contributed by atoms with Crippen molar-refractivity contribution in [3.8, 4) is 0 Å². The lowest BCUT2D eigenvalue weighted by Gasteiger charge is -2.51. The van der Waals surface area contributed by atoms with Crippen molar-refractivity contribution in [2.24, 2.45) is 0 Å². The number of benzene rings is 2. The molecule has 2 amide bonds. The van der Waals surface area contributed by atoms with Gasteiger partial charge in [-0.3, -0.25) is 14.4 Å². The smallest absolute Gasteiger partial charge is 0.305 e. The van der Waals surface area contributed by atoms with E-state index in [0.717, 1.165) is 32.5 Å². The average Bonchev–Trinajstić information content (AvgIpc) is 3.29. The third kappa shape index (κ3) is 6.18. The molecular weight excluding hydrogens is 486 g/mol. The molecule has 37 heavy (non-hydrogen) atoms. The van der Waals surface area contributed by atoms with Gasteiger partial charge in [0.2, 0.25) is 11.8 Å². The van der Waals surface area contributed by atoms with E-state index in [1.165, 1.54) is 0 Å². The van der Waals surface area contributed by atoms with Crippen molar-refractivity contribution in [2.45, 2.75) is 65.5 Å². The van der Waals surface area contributed by atoms with E-state index in [1.807, 2.05) is 56.6 Å². The monoisotopic (exact) mass is 521 g/mol. The number of hydrogen-bond acceptors (Lipinski definition) is 6. The molecule has 1 saturated heterocycles. The number of thiazole rings is 1. The Balaban J connectivity index is 1.50. The maximum atomic E-state index is 13.9. The first kappa shape index (κ1) is 26.8. The summed E-state index contributed by atoms with van der Waals surface area (Å²) in [5, 5.41) is 0. The normalized spacial score (nSPS) is 16.9. The molecule has 7 nitrogen and oxygen atoms in total. The van der Waals surface area contributed by atoms with E-state index in [4.69, 9.17) is 4.74 Å². The van der Waals surface area contributed by atoms with E-state index >= 15 is 0 Å². The fraction of sp³-hybridized carbons (Fsp3) is 0.448. The molecule has 0 aliphatic carbocycles. The highest BCUT2D eigenvalue weighted by Crippen LogP contribution is 2.34. The van der Waals surface area contributed by atoms with Gasteiger partial charge in [0.25, 0.3) is 0 Å². The molecule has 196 valence electrons. The fourth-order valence-corrected chi connectivity index (χ4v) is 5.74. The Morgan fingerprint density at radius 1 is 1.11 bits per heavy atom. The zero-order valence-electron chi connectivity index (χ0n) is 22.1. The van der Waals surface area contributed by atoms with Gasteiger partial charge < -0.3 is 14.5 Å². The van der Waals surface area contributed by atoms with Crippen LogP contribution in [0, 0.1) is 13.8 Å². The quantitative estimate of drug-likeness (QED) is 0.358. The van der Waals surface area contributed by atoms with E-state index in [-0.39, 0.29) is 30.6 Å². The van der Waals surface area contributed by atoms with Crippen molar-refractivity contribution in [2.75, 3.05) is 19.7 Å². The van der Waals surface area contributed by atoms with Crippen LogP contribution in [-0.2, 0) is 32.1 Å². The minimum atomic E-state index is -0.898. The predicted molar refractivity (Wildman–Crippen MR) is 145 cm³/mol. The molecule has 2 aromatic carbocycles. The van der Waals surface area contributed by atoms with Crippen LogP contribution in [0.15, 0.2) is 41.9 Å². The number of likely N-dealkylation sites (tertiary alicyclic amines) is 1. The Labute approximate surface area is 222 Å². The van der Waals surface area contributed by atoms with E-state index < -0.39 is 5.54 Å². The highest BCUT2D eigenvalue weighted by molar-refractivity contribution is 7.16. The van der Waals surface area contributed by atoms with Gasteiger partial charge in [0, 0.05) is 26.1 Å². The number of ether oxygens (including phenoxy) is 1. The second kappa shape index (κ2) is 11.4. The maximum Gasteiger partial charge on any atom is 0.305 e. The van der Waals surface area contributed by atoms with E-state index in [2.05, 4.69) is 11.1 Å². The van der Waals surface area contributed by atoms with Crippen molar-refractivity contribution < 1.29 is 19.1 Å². The lowest BCUT2D eigenvalue weighted by Crippen LogP contribution is -2.68. The van der Waals surface area contributed by atoms with Crippen LogP contribution in [0.1, 0.15) is 55.4 Å². The number of carbonyl (C=O) groups is 3. The zero-order valence-corrected chi connectivity index (χ0v) is 22.9. The van der Waals surface area contributed by atoms with Gasteiger partial charge in [0.15, 0.2) is 0 Å². The van der Waals surface area contributed by atoms with Crippen molar-refractivity contribution >= 4 is 39.3 Å². The molecule has 0 spiro atoms. The van der Waals surface area contributed by atoms with Crippen molar-refractivity contribution in [3.63, 3.8) is 0 Å². The molecular formula is C29H35N3O4S. The van der Waals surface area contributed by atoms with E-state index in [9.17, 15) is 14.4 Å². The number of amides is 2. The standard InChI is InChI=1S/C29H35N3O4S/c1-5-36-27(34)7-6-11-31(18-22-8-9-25-24(16-22)30-19-37-25)28(35)29(4)10-12-32(29)26(33)17-23-14-20(2)13-21(3)15-23/h8-9,13-16,19H,5-7,10-12,17-18H2,1-4H3. The van der Waals surface area contributed by atoms with Gasteiger partial charge in [0.05, 0.1) is 28.8 Å². The fourth-order valence-electron chi connectivity index (χ4n) is 5.09. The summed E-state index contributed by atoms with van der Waals surface area (Å²) in [7, 11) is 0. The highest BCUT2D eigenvalue weighted by Gasteiger charge is 2.50. The Kier molecular flexibility index (Phi) is 8.27. The first-order chi connectivity index (χ1) is 17.7. The van der Waals surface area contributed by atoms with Crippen LogP contribution >= 0.6 is 11.3 Å². The lowest BCUT2D eigenvalue weighted by atomic mass is 9.84. The Morgan fingerprint density at radius 3 is 2.54 bits per heavy atom. The van der Waals surface area contributed by atoms with E-state index in [0.29, 0.717) is 39.1 Å². The Bertz CT molecular complexity index is 1280. The van der Waals surface area contributed by atoms with Gasteiger partial charge in [0.1, 0.15) is 5.54 Å². The predicted octanol–water partition coefficient (Wildman–Crippen LogP) is 4.82. The topological polar surface area (TPSA) is 79.8 Å². The van der Waals surface area contributed by atoms with Crippen molar-refractivity contribution in [1.29, 1.82) is 0 Å². The SMILES string of the molecule is CCOC(=O)CCCN(Cc1ccc2scnc2c1)C(=O)C1(C)CCN1C(=O)Cc1cc(C)cc(C)c1. The van der Waals surface area contributed by atoms with Crippen LogP contribution in [0.2, 0.25) is 0 Å². The third-order valence-corrected chi connectivity index (χ3v) is 7.80. The average molecular weight is 522 g/mol. The molecule has 2 heterocycles. The van der Waals surface area contributed by atoms with Crippen molar-refractivity contribution in [1.82, 2.24) is 14.8 Å². The summed E-state index contributed by atoms with van der Waals surface area (Å²) in [6.45, 7) is 9.39. The van der Waals surface area contributed by atoms with Gasteiger partial charge in [-0.2, -0.15) is 0 Å². The van der Waals surface area contributed by atoms with Crippen LogP contribution < -0.4 is 0 Å². The van der Waals surface area contributed by atoms with Gasteiger partial charge in [-0.25, -0.2) is 4.98 Å². The summed E-state index contributed by atoms with van der Waals surface area (Å²) in [5.74, 6) is -0.392. The number of fused-ring (bicyclic) bond motifs is 1. The summed E-state index contributed by atoms with van der Waals surface area (Å²) >= 11 is 1.58. The van der Waals surface area contributed by atoms with Gasteiger partial charge in [-0.15, -0.1) is 11.3 Å². The van der Waals surface area contributed by atoms with Crippen LogP contribution in [0.5, 0.6) is 0 Å². The molecule has 1 unspecified atom stereocenters. The van der Waals surface area contributed by atoms with Crippen molar-refractivity contribution in [3.05, 3.63) is 64.2 Å². The minimum absolute atomic E-state index is 0.0394. The molecule has 4 rings (SSSR count). The van der Waals surface area contributed by atoms with Crippen LogP contribution in [0.3, 0.4) is 0 Å². The first-order valence-corrected chi connectivity index (χ1v) is 13.7. The molecule has 1 aliphatic heterocycles. The Hall–Kier alpha value is -3.26.